The number of aliphatic hydroxyl groups is 1. The second-order valence-electron chi connectivity index (χ2n) is 8.53. The van der Waals surface area contributed by atoms with Crippen molar-refractivity contribution in [2.45, 2.75) is 31.8 Å². The third-order valence-corrected chi connectivity index (χ3v) is 7.17. The van der Waals surface area contributed by atoms with Crippen molar-refractivity contribution in [2.24, 2.45) is 5.92 Å². The number of anilines is 1. The number of carbonyl (C=O) groups is 1. The molecule has 1 aromatic heterocycles. The molecule has 0 bridgehead atoms. The van der Waals surface area contributed by atoms with Crippen LogP contribution >= 0.6 is 23.2 Å². The summed E-state index contributed by atoms with van der Waals surface area (Å²) in [6, 6.07) is 9.37. The largest absolute Gasteiger partial charge is 0.393 e. The summed E-state index contributed by atoms with van der Waals surface area (Å²) in [5.41, 5.74) is 8.92. The van der Waals surface area contributed by atoms with Gasteiger partial charge in [-0.2, -0.15) is 0 Å². The lowest BCUT2D eigenvalue weighted by Gasteiger charge is -2.36. The van der Waals surface area contributed by atoms with Gasteiger partial charge in [0.15, 0.2) is 11.4 Å². The molecule has 2 aliphatic heterocycles. The molecular weight excluding hydrogens is 451 g/mol. The number of benzene rings is 2. The number of fused-ring (bicyclic) bond motifs is 1. The van der Waals surface area contributed by atoms with Crippen molar-refractivity contribution < 1.29 is 14.4 Å². The number of rotatable bonds is 4. The number of nitrogens with zero attached hydrogens (tertiary/aromatic N) is 3. The van der Waals surface area contributed by atoms with Gasteiger partial charge in [-0.05, 0) is 66.6 Å². The van der Waals surface area contributed by atoms with E-state index in [1.54, 1.807) is 0 Å². The van der Waals surface area contributed by atoms with Crippen molar-refractivity contribution >= 4 is 45.9 Å². The lowest BCUT2D eigenvalue weighted by atomic mass is 9.95. The van der Waals surface area contributed by atoms with Crippen LogP contribution in [0.4, 0.5) is 5.82 Å². The number of nitrogen functional groups attached to an aromatic ring is 1. The van der Waals surface area contributed by atoms with E-state index in [4.69, 9.17) is 33.5 Å². The average Bonchev–Trinajstić information content (AvgIpc) is 3.33. The quantitative estimate of drug-likeness (QED) is 0.589. The standard InChI is InChI=1S/C23H24Cl2N4O3/c24-19-10-15(13-1-2-17-21(12-13)32-27-22(17)26)11-20(25)18(19)9-14-3-8-29(23(14)31)28-6-4-16(30)5-7-28/h1-2,10-12,14,16,30H,3-9H2,(H2,26,27)/t14-/m0/s1. The number of aromatic nitrogens is 1. The molecular formula is C23H24Cl2N4O3. The number of carbonyl (C=O) groups excluding carboxylic acids is 1. The molecule has 9 heteroatoms. The maximum absolute atomic E-state index is 13.0. The molecule has 0 aliphatic carbocycles. The van der Waals surface area contributed by atoms with E-state index in [0.717, 1.165) is 28.5 Å². The van der Waals surface area contributed by atoms with Gasteiger partial charge in [0.2, 0.25) is 5.91 Å². The summed E-state index contributed by atoms with van der Waals surface area (Å²) in [5.74, 6) is 0.302. The summed E-state index contributed by atoms with van der Waals surface area (Å²) in [4.78, 5) is 13.0. The van der Waals surface area contributed by atoms with E-state index in [2.05, 4.69) is 10.2 Å². The molecule has 168 valence electrons. The van der Waals surface area contributed by atoms with Crippen LogP contribution in [-0.2, 0) is 11.2 Å². The molecule has 3 N–H and O–H groups in total. The maximum atomic E-state index is 13.0. The zero-order valence-corrected chi connectivity index (χ0v) is 18.9. The van der Waals surface area contributed by atoms with Gasteiger partial charge in [0.1, 0.15) is 0 Å². The van der Waals surface area contributed by atoms with E-state index in [1.807, 2.05) is 35.3 Å². The molecule has 2 aliphatic rings. The zero-order valence-electron chi connectivity index (χ0n) is 17.4. The average molecular weight is 475 g/mol. The fraction of sp³-hybridized carbons (Fsp3) is 0.391. The van der Waals surface area contributed by atoms with Gasteiger partial charge < -0.3 is 15.4 Å². The molecule has 1 amide bonds. The normalized spacial score (nSPS) is 20.5. The highest BCUT2D eigenvalue weighted by Crippen LogP contribution is 2.36. The number of hydrogen-bond donors (Lipinski definition) is 2. The predicted molar refractivity (Wildman–Crippen MR) is 124 cm³/mol. The van der Waals surface area contributed by atoms with E-state index in [1.165, 1.54) is 0 Å². The SMILES string of the molecule is Nc1noc2cc(-c3cc(Cl)c(C[C@@H]4CCN(N5CCC(O)CC5)C4=O)c(Cl)c3)ccc12. The van der Waals surface area contributed by atoms with Crippen molar-refractivity contribution in [1.29, 1.82) is 0 Å². The first kappa shape index (κ1) is 21.5. The van der Waals surface area contributed by atoms with Crippen LogP contribution in [0.25, 0.3) is 22.1 Å². The third-order valence-electron chi connectivity index (χ3n) is 6.50. The van der Waals surface area contributed by atoms with Crippen LogP contribution in [0.3, 0.4) is 0 Å². The summed E-state index contributed by atoms with van der Waals surface area (Å²) in [6.45, 7) is 2.10. The number of nitrogens with two attached hydrogens (primary N) is 1. The van der Waals surface area contributed by atoms with Crippen LogP contribution in [0.2, 0.25) is 10.0 Å². The Bertz CT molecular complexity index is 1150. The first-order chi connectivity index (χ1) is 15.4. The molecule has 0 unspecified atom stereocenters. The number of amides is 1. The molecule has 3 aromatic rings. The Labute approximate surface area is 195 Å². The molecule has 7 nitrogen and oxygen atoms in total. The van der Waals surface area contributed by atoms with Crippen molar-refractivity contribution in [3.05, 3.63) is 45.9 Å². The van der Waals surface area contributed by atoms with Crippen LogP contribution in [0.1, 0.15) is 24.8 Å². The van der Waals surface area contributed by atoms with Gasteiger partial charge in [0.05, 0.1) is 11.5 Å². The number of hydrazine groups is 1. The van der Waals surface area contributed by atoms with Crippen molar-refractivity contribution in [3.8, 4) is 11.1 Å². The Morgan fingerprint density at radius 3 is 2.50 bits per heavy atom. The molecule has 5 rings (SSSR count). The van der Waals surface area contributed by atoms with E-state index in [0.29, 0.717) is 60.3 Å². The number of halogens is 2. The Morgan fingerprint density at radius 1 is 1.06 bits per heavy atom. The molecule has 32 heavy (non-hydrogen) atoms. The second-order valence-corrected chi connectivity index (χ2v) is 9.35. The van der Waals surface area contributed by atoms with Gasteiger partial charge in [-0.1, -0.05) is 34.4 Å². The fourth-order valence-electron chi connectivity index (χ4n) is 4.63. The molecule has 2 aromatic carbocycles. The smallest absolute Gasteiger partial charge is 0.240 e. The first-order valence-corrected chi connectivity index (χ1v) is 11.5. The molecule has 1 atom stereocenters. The maximum Gasteiger partial charge on any atom is 0.240 e. The van der Waals surface area contributed by atoms with E-state index < -0.39 is 0 Å². The first-order valence-electron chi connectivity index (χ1n) is 10.8. The lowest BCUT2D eigenvalue weighted by molar-refractivity contribution is -0.149. The Hall–Kier alpha value is -2.32. The summed E-state index contributed by atoms with van der Waals surface area (Å²) < 4.78 is 5.26. The van der Waals surface area contributed by atoms with Gasteiger partial charge >= 0.3 is 0 Å². The summed E-state index contributed by atoms with van der Waals surface area (Å²) in [6.07, 6.45) is 2.38. The van der Waals surface area contributed by atoms with Crippen LogP contribution in [0.5, 0.6) is 0 Å². The van der Waals surface area contributed by atoms with Crippen molar-refractivity contribution in [3.63, 3.8) is 0 Å². The summed E-state index contributed by atoms with van der Waals surface area (Å²) in [5, 5.41) is 19.3. The molecule has 2 fully saturated rings. The minimum Gasteiger partial charge on any atom is -0.393 e. The highest BCUT2D eigenvalue weighted by molar-refractivity contribution is 6.36. The number of aliphatic hydroxyl groups excluding tert-OH is 1. The molecule has 2 saturated heterocycles. The minimum atomic E-state index is -0.266. The van der Waals surface area contributed by atoms with E-state index >= 15 is 0 Å². The van der Waals surface area contributed by atoms with Crippen LogP contribution < -0.4 is 5.73 Å². The molecule has 0 radical (unpaired) electrons. The topological polar surface area (TPSA) is 95.8 Å². The van der Waals surface area contributed by atoms with Crippen LogP contribution in [-0.4, -0.2) is 51.9 Å². The van der Waals surface area contributed by atoms with Crippen LogP contribution in [0, 0.1) is 5.92 Å². The highest BCUT2D eigenvalue weighted by atomic mass is 35.5. The van der Waals surface area contributed by atoms with Gasteiger partial charge in [-0.15, -0.1) is 0 Å². The minimum absolute atomic E-state index is 0.103. The van der Waals surface area contributed by atoms with Gasteiger partial charge in [0.25, 0.3) is 0 Å². The Kier molecular flexibility index (Phi) is 5.75. The Balaban J connectivity index is 1.34. The van der Waals surface area contributed by atoms with E-state index in [9.17, 15) is 9.90 Å². The summed E-state index contributed by atoms with van der Waals surface area (Å²) in [7, 11) is 0. The van der Waals surface area contributed by atoms with Gasteiger partial charge in [-0.25, -0.2) is 5.01 Å². The lowest BCUT2D eigenvalue weighted by Crippen LogP contribution is -2.49. The predicted octanol–water partition coefficient (Wildman–Crippen LogP) is 4.15. The van der Waals surface area contributed by atoms with Crippen molar-refractivity contribution in [2.75, 3.05) is 25.4 Å². The number of piperidine rings is 1. The number of hydrogen-bond acceptors (Lipinski definition) is 6. The third kappa shape index (κ3) is 3.94. The second kappa shape index (κ2) is 8.56. The Morgan fingerprint density at radius 2 is 1.78 bits per heavy atom. The summed E-state index contributed by atoms with van der Waals surface area (Å²) >= 11 is 13.3. The van der Waals surface area contributed by atoms with E-state index in [-0.39, 0.29) is 17.9 Å². The monoisotopic (exact) mass is 474 g/mol. The fourth-order valence-corrected chi connectivity index (χ4v) is 5.28. The van der Waals surface area contributed by atoms with Gasteiger partial charge in [0, 0.05) is 35.6 Å². The molecule has 0 saturated carbocycles. The van der Waals surface area contributed by atoms with Crippen molar-refractivity contribution in [1.82, 2.24) is 15.2 Å². The van der Waals surface area contributed by atoms with Gasteiger partial charge in [-0.3, -0.25) is 9.80 Å². The molecule has 3 heterocycles. The highest BCUT2D eigenvalue weighted by Gasteiger charge is 2.37. The molecule has 0 spiro atoms. The zero-order chi connectivity index (χ0) is 22.4. The van der Waals surface area contributed by atoms with Crippen LogP contribution in [0.15, 0.2) is 34.9 Å².